The number of hydrogen-bond donors (Lipinski definition) is 0. The number of fused-ring (bicyclic) bond motifs is 1. The molecule has 0 bridgehead atoms. The predicted molar refractivity (Wildman–Crippen MR) is 163 cm³/mol. The van der Waals surface area contributed by atoms with Crippen molar-refractivity contribution in [3.05, 3.63) is 149 Å². The van der Waals surface area contributed by atoms with Crippen molar-refractivity contribution in [2.45, 2.75) is 31.9 Å². The lowest BCUT2D eigenvalue weighted by Crippen LogP contribution is -2.38. The lowest BCUT2D eigenvalue weighted by molar-refractivity contribution is 0.218. The van der Waals surface area contributed by atoms with Crippen molar-refractivity contribution in [3.63, 3.8) is 0 Å². The fourth-order valence-corrected chi connectivity index (χ4v) is 5.58. The molecule has 0 amide bonds. The van der Waals surface area contributed by atoms with Crippen LogP contribution in [0.4, 0.5) is 0 Å². The van der Waals surface area contributed by atoms with Gasteiger partial charge in [0, 0.05) is 17.1 Å². The molecule has 0 aliphatic heterocycles. The van der Waals surface area contributed by atoms with Crippen molar-refractivity contribution >= 4 is 22.5 Å². The largest absolute Gasteiger partial charge is 0.491 e. The van der Waals surface area contributed by atoms with Crippen molar-refractivity contribution < 1.29 is 4.74 Å². The maximum atomic E-state index is 6.38. The smallest absolute Gasteiger partial charge is 0.138 e. The number of rotatable bonds is 8. The van der Waals surface area contributed by atoms with Crippen LogP contribution < -0.4 is 4.74 Å². The van der Waals surface area contributed by atoms with Crippen LogP contribution in [0, 0.1) is 0 Å². The Bertz CT molecular complexity index is 1640. The van der Waals surface area contributed by atoms with Crippen LogP contribution in [0.3, 0.4) is 0 Å². The number of hydrogen-bond acceptors (Lipinski definition) is 3. The summed E-state index contributed by atoms with van der Waals surface area (Å²) < 4.78 is 8.43. The zero-order chi connectivity index (χ0) is 27.5. The van der Waals surface area contributed by atoms with E-state index in [0.717, 1.165) is 51.0 Å². The zero-order valence-corrected chi connectivity index (χ0v) is 23.3. The summed E-state index contributed by atoms with van der Waals surface area (Å²) >= 11 is 6.38. The van der Waals surface area contributed by atoms with Gasteiger partial charge in [-0.25, -0.2) is 9.67 Å². The molecule has 6 rings (SSSR count). The second-order valence-corrected chi connectivity index (χ2v) is 10.3. The molecule has 5 heteroatoms. The number of ether oxygens (including phenoxy) is 1. The molecule has 1 unspecified atom stereocenters. The number of pyridine rings is 1. The molecule has 40 heavy (non-hydrogen) atoms. The normalized spacial score (nSPS) is 12.4. The molecule has 4 aromatic carbocycles. The monoisotopic (exact) mass is 543 g/mol. The van der Waals surface area contributed by atoms with Gasteiger partial charge in [-0.2, -0.15) is 5.10 Å². The van der Waals surface area contributed by atoms with Gasteiger partial charge in [-0.3, -0.25) is 0 Å². The van der Waals surface area contributed by atoms with Gasteiger partial charge in [0.05, 0.1) is 11.6 Å². The molecule has 2 heterocycles. The summed E-state index contributed by atoms with van der Waals surface area (Å²) in [6.45, 7) is 4.21. The Kier molecular flexibility index (Phi) is 7.10. The molecule has 0 fully saturated rings. The van der Waals surface area contributed by atoms with E-state index in [9.17, 15) is 0 Å². The van der Waals surface area contributed by atoms with Gasteiger partial charge in [0.15, 0.2) is 0 Å². The molecule has 4 nitrogen and oxygen atoms in total. The summed E-state index contributed by atoms with van der Waals surface area (Å²) in [4.78, 5) is 4.22. The molecule has 2 aromatic heterocycles. The zero-order valence-electron chi connectivity index (χ0n) is 22.5. The summed E-state index contributed by atoms with van der Waals surface area (Å²) in [5, 5.41) is 6.82. The number of halogens is 1. The van der Waals surface area contributed by atoms with Crippen LogP contribution >= 0.6 is 11.6 Å². The molecule has 0 saturated heterocycles. The standard InChI is InChI=1S/C35H30ClN3O/c1-3-25(2)40-30-19-20-32-31(24-30)34(26-21-22-37-33(36)23-26)38-39(32)35(27-13-7-4-8-14-27,28-15-9-5-10-16-28)29-17-11-6-12-18-29/h4-25H,3H2,1-2H3. The Morgan fingerprint density at radius 2 is 1.35 bits per heavy atom. The Balaban J connectivity index is 1.74. The summed E-state index contributed by atoms with van der Waals surface area (Å²) in [6.07, 6.45) is 2.74. The van der Waals surface area contributed by atoms with E-state index >= 15 is 0 Å². The second-order valence-electron chi connectivity index (χ2n) is 9.95. The van der Waals surface area contributed by atoms with E-state index in [-0.39, 0.29) is 6.10 Å². The van der Waals surface area contributed by atoms with Gasteiger partial charge < -0.3 is 4.74 Å². The van der Waals surface area contributed by atoms with E-state index in [1.165, 1.54) is 0 Å². The maximum absolute atomic E-state index is 6.38. The predicted octanol–water partition coefficient (Wildman–Crippen LogP) is 8.77. The van der Waals surface area contributed by atoms with Crippen LogP contribution in [0.25, 0.3) is 22.2 Å². The van der Waals surface area contributed by atoms with Crippen molar-refractivity contribution in [2.75, 3.05) is 0 Å². The van der Waals surface area contributed by atoms with Gasteiger partial charge in [-0.15, -0.1) is 0 Å². The van der Waals surface area contributed by atoms with Crippen LogP contribution in [-0.4, -0.2) is 20.9 Å². The third-order valence-corrected chi connectivity index (χ3v) is 7.66. The first kappa shape index (κ1) is 25.8. The minimum atomic E-state index is -0.754. The number of nitrogens with zero attached hydrogens (tertiary/aromatic N) is 3. The topological polar surface area (TPSA) is 39.9 Å². The minimum absolute atomic E-state index is 0.100. The molecule has 0 N–H and O–H groups in total. The van der Waals surface area contributed by atoms with Crippen LogP contribution in [0.2, 0.25) is 5.15 Å². The van der Waals surface area contributed by atoms with Gasteiger partial charge in [-0.05, 0) is 60.4 Å². The van der Waals surface area contributed by atoms with E-state index in [2.05, 4.69) is 108 Å². The first-order chi connectivity index (χ1) is 19.6. The van der Waals surface area contributed by atoms with Crippen molar-refractivity contribution in [2.24, 2.45) is 0 Å². The highest BCUT2D eigenvalue weighted by molar-refractivity contribution is 6.29. The van der Waals surface area contributed by atoms with Crippen LogP contribution in [0.15, 0.2) is 128 Å². The Morgan fingerprint density at radius 1 is 0.775 bits per heavy atom. The summed E-state index contributed by atoms with van der Waals surface area (Å²) in [7, 11) is 0. The van der Waals surface area contributed by atoms with E-state index in [1.54, 1.807) is 6.20 Å². The third-order valence-electron chi connectivity index (χ3n) is 7.46. The molecule has 0 radical (unpaired) electrons. The van der Waals surface area contributed by atoms with Gasteiger partial charge >= 0.3 is 0 Å². The molecule has 0 aliphatic carbocycles. The van der Waals surface area contributed by atoms with Crippen molar-refractivity contribution in [3.8, 4) is 17.0 Å². The van der Waals surface area contributed by atoms with E-state index in [4.69, 9.17) is 21.4 Å². The summed E-state index contributed by atoms with van der Waals surface area (Å²) in [5.41, 5.74) is 5.27. The number of aromatic nitrogens is 3. The van der Waals surface area contributed by atoms with Crippen LogP contribution in [0.1, 0.15) is 37.0 Å². The van der Waals surface area contributed by atoms with Gasteiger partial charge in [0.1, 0.15) is 22.1 Å². The van der Waals surface area contributed by atoms with Crippen LogP contribution in [0.5, 0.6) is 5.75 Å². The molecular formula is C35H30ClN3O. The average Bonchev–Trinajstić information content (AvgIpc) is 3.38. The highest BCUT2D eigenvalue weighted by atomic mass is 35.5. The first-order valence-corrected chi connectivity index (χ1v) is 14.0. The Labute approximate surface area is 239 Å². The van der Waals surface area contributed by atoms with Crippen molar-refractivity contribution in [1.82, 2.24) is 14.8 Å². The molecule has 0 aliphatic rings. The molecule has 6 aromatic rings. The van der Waals surface area contributed by atoms with Gasteiger partial charge in [-0.1, -0.05) is 110 Å². The number of benzene rings is 4. The quantitative estimate of drug-likeness (QED) is 0.142. The van der Waals surface area contributed by atoms with E-state index < -0.39 is 5.54 Å². The fraction of sp³-hybridized carbons (Fsp3) is 0.143. The summed E-state index contributed by atoms with van der Waals surface area (Å²) in [5.74, 6) is 0.813. The second kappa shape index (κ2) is 11.0. The average molecular weight is 544 g/mol. The fourth-order valence-electron chi connectivity index (χ4n) is 5.41. The molecule has 198 valence electrons. The Hall–Kier alpha value is -4.41. The first-order valence-electron chi connectivity index (χ1n) is 13.6. The minimum Gasteiger partial charge on any atom is -0.491 e. The SMILES string of the molecule is CCC(C)Oc1ccc2c(c1)c(-c1ccnc(Cl)c1)nn2C(c1ccccc1)(c1ccccc1)c1ccccc1. The maximum Gasteiger partial charge on any atom is 0.138 e. The van der Waals surface area contributed by atoms with E-state index in [1.807, 2.05) is 36.4 Å². The molecule has 1 atom stereocenters. The lowest BCUT2D eigenvalue weighted by atomic mass is 9.77. The summed E-state index contributed by atoms with van der Waals surface area (Å²) in [6, 6.07) is 41.8. The molecule has 0 saturated carbocycles. The van der Waals surface area contributed by atoms with E-state index in [0.29, 0.717) is 5.15 Å². The van der Waals surface area contributed by atoms with Crippen molar-refractivity contribution in [1.29, 1.82) is 0 Å². The molecule has 0 spiro atoms. The Morgan fingerprint density at radius 3 is 1.88 bits per heavy atom. The highest BCUT2D eigenvalue weighted by Gasteiger charge is 2.41. The van der Waals surface area contributed by atoms with Gasteiger partial charge in [0.2, 0.25) is 0 Å². The van der Waals surface area contributed by atoms with Gasteiger partial charge in [0.25, 0.3) is 0 Å². The lowest BCUT2D eigenvalue weighted by Gasteiger charge is -2.37. The molecular weight excluding hydrogens is 514 g/mol. The third kappa shape index (κ3) is 4.55. The van der Waals surface area contributed by atoms with Crippen LogP contribution in [-0.2, 0) is 5.54 Å². The highest BCUT2D eigenvalue weighted by Crippen LogP contribution is 2.44.